The Kier molecular flexibility index (Phi) is 5.62. The molecule has 2 unspecified atom stereocenters. The molecule has 7 heteroatoms. The van der Waals surface area contributed by atoms with E-state index in [1.807, 2.05) is 27.7 Å². The molecular formula is C17H27N3O4. The molecule has 1 aliphatic rings. The van der Waals surface area contributed by atoms with E-state index < -0.39 is 11.9 Å². The van der Waals surface area contributed by atoms with Crippen molar-refractivity contribution in [1.29, 1.82) is 0 Å². The van der Waals surface area contributed by atoms with Crippen LogP contribution in [0.25, 0.3) is 0 Å². The number of nitrogens with zero attached hydrogens (tertiary/aromatic N) is 3. The molecule has 134 valence electrons. The first kappa shape index (κ1) is 18.4. The van der Waals surface area contributed by atoms with Crippen molar-refractivity contribution >= 4 is 11.9 Å². The summed E-state index contributed by atoms with van der Waals surface area (Å²) in [6.45, 7) is 8.98. The van der Waals surface area contributed by atoms with Crippen LogP contribution in [-0.4, -0.2) is 45.1 Å². The van der Waals surface area contributed by atoms with E-state index in [2.05, 4.69) is 10.1 Å². The first-order valence-electron chi connectivity index (χ1n) is 8.50. The minimum atomic E-state index is -0.820. The van der Waals surface area contributed by atoms with Crippen molar-refractivity contribution in [1.82, 2.24) is 15.0 Å². The topological polar surface area (TPSA) is 96.5 Å². The van der Waals surface area contributed by atoms with Gasteiger partial charge in [0.25, 0.3) is 0 Å². The van der Waals surface area contributed by atoms with E-state index in [0.717, 1.165) is 0 Å². The number of aryl methyl sites for hydroxylation is 1. The fourth-order valence-electron chi connectivity index (χ4n) is 2.94. The number of amides is 1. The summed E-state index contributed by atoms with van der Waals surface area (Å²) in [4.78, 5) is 29.6. The van der Waals surface area contributed by atoms with Gasteiger partial charge < -0.3 is 14.5 Å². The quantitative estimate of drug-likeness (QED) is 0.885. The van der Waals surface area contributed by atoms with Gasteiger partial charge in [0.05, 0.1) is 5.92 Å². The molecule has 0 aliphatic carbocycles. The zero-order valence-corrected chi connectivity index (χ0v) is 14.9. The van der Waals surface area contributed by atoms with Gasteiger partial charge in [-0.1, -0.05) is 32.9 Å². The maximum Gasteiger partial charge on any atom is 0.308 e. The number of hydrogen-bond donors (Lipinski definition) is 1. The monoisotopic (exact) mass is 337 g/mol. The summed E-state index contributed by atoms with van der Waals surface area (Å²) < 4.78 is 5.22. The predicted octanol–water partition coefficient (Wildman–Crippen LogP) is 2.26. The molecule has 1 aliphatic heterocycles. The number of carboxylic acids is 1. The maximum absolute atomic E-state index is 12.3. The van der Waals surface area contributed by atoms with Gasteiger partial charge in [-0.2, -0.15) is 4.98 Å². The minimum Gasteiger partial charge on any atom is -0.481 e. The van der Waals surface area contributed by atoms with E-state index in [4.69, 9.17) is 4.52 Å². The molecule has 7 nitrogen and oxygen atoms in total. The molecule has 2 rings (SSSR count). The fourth-order valence-corrected chi connectivity index (χ4v) is 2.94. The lowest BCUT2D eigenvalue weighted by molar-refractivity contribution is -0.146. The van der Waals surface area contributed by atoms with Gasteiger partial charge in [0.2, 0.25) is 11.8 Å². The number of hydrogen-bond acceptors (Lipinski definition) is 5. The van der Waals surface area contributed by atoms with Crippen LogP contribution in [0.2, 0.25) is 0 Å². The van der Waals surface area contributed by atoms with Crippen LogP contribution in [0.4, 0.5) is 0 Å². The normalized spacial score (nSPS) is 21.8. The third kappa shape index (κ3) is 4.79. The molecule has 0 bridgehead atoms. The van der Waals surface area contributed by atoms with E-state index in [1.54, 1.807) is 4.90 Å². The molecule has 24 heavy (non-hydrogen) atoms. The molecule has 0 saturated carbocycles. The van der Waals surface area contributed by atoms with Crippen LogP contribution in [0.3, 0.4) is 0 Å². The van der Waals surface area contributed by atoms with Crippen molar-refractivity contribution in [3.8, 4) is 0 Å². The van der Waals surface area contributed by atoms with Gasteiger partial charge in [0.15, 0.2) is 5.82 Å². The highest BCUT2D eigenvalue weighted by Gasteiger charge is 2.31. The smallest absolute Gasteiger partial charge is 0.308 e. The van der Waals surface area contributed by atoms with E-state index in [-0.39, 0.29) is 17.2 Å². The predicted molar refractivity (Wildman–Crippen MR) is 87.4 cm³/mol. The summed E-state index contributed by atoms with van der Waals surface area (Å²) in [5.74, 6) is 0.154. The fraction of sp³-hybridized carbons (Fsp3) is 0.765. The minimum absolute atomic E-state index is 0.00311. The number of likely N-dealkylation sites (tertiary alicyclic amines) is 1. The number of aliphatic carboxylic acids is 1. The van der Waals surface area contributed by atoms with Crippen LogP contribution in [0.1, 0.15) is 58.7 Å². The average molecular weight is 337 g/mol. The van der Waals surface area contributed by atoms with Gasteiger partial charge in [0.1, 0.15) is 0 Å². The van der Waals surface area contributed by atoms with Crippen molar-refractivity contribution in [3.63, 3.8) is 0 Å². The number of carbonyl (C=O) groups is 2. The number of piperidine rings is 1. The van der Waals surface area contributed by atoms with Gasteiger partial charge in [-0.25, -0.2) is 0 Å². The van der Waals surface area contributed by atoms with E-state index >= 15 is 0 Å². The molecule has 1 fully saturated rings. The van der Waals surface area contributed by atoms with Crippen molar-refractivity contribution in [2.45, 2.75) is 58.8 Å². The van der Waals surface area contributed by atoms with Crippen LogP contribution < -0.4 is 0 Å². The highest BCUT2D eigenvalue weighted by Crippen LogP contribution is 2.23. The zero-order valence-electron chi connectivity index (χ0n) is 14.9. The Morgan fingerprint density at radius 2 is 2.04 bits per heavy atom. The van der Waals surface area contributed by atoms with Gasteiger partial charge in [-0.3, -0.25) is 9.59 Å². The summed E-state index contributed by atoms with van der Waals surface area (Å²) in [7, 11) is 0. The van der Waals surface area contributed by atoms with Gasteiger partial charge >= 0.3 is 5.97 Å². The molecule has 0 radical (unpaired) electrons. The van der Waals surface area contributed by atoms with Crippen LogP contribution in [0.5, 0.6) is 0 Å². The lowest BCUT2D eigenvalue weighted by Gasteiger charge is -2.34. The number of carboxylic acid groups (broad SMARTS) is 1. The molecular weight excluding hydrogens is 310 g/mol. The summed E-state index contributed by atoms with van der Waals surface area (Å²) in [5.41, 5.74) is -0.159. The highest BCUT2D eigenvalue weighted by atomic mass is 16.5. The summed E-state index contributed by atoms with van der Waals surface area (Å²) in [6.07, 6.45) is 2.18. The first-order chi connectivity index (χ1) is 11.2. The van der Waals surface area contributed by atoms with Gasteiger partial charge in [-0.05, 0) is 18.8 Å². The lowest BCUT2D eigenvalue weighted by atomic mass is 9.90. The Labute approximate surface area is 142 Å². The molecule has 0 spiro atoms. The molecule has 1 aromatic rings. The molecule has 1 amide bonds. The second-order valence-electron chi connectivity index (χ2n) is 7.79. The molecule has 2 heterocycles. The third-order valence-corrected chi connectivity index (χ3v) is 4.28. The molecule has 0 aromatic carbocycles. The van der Waals surface area contributed by atoms with Crippen LogP contribution in [-0.2, 0) is 21.4 Å². The first-order valence-corrected chi connectivity index (χ1v) is 8.50. The van der Waals surface area contributed by atoms with Crippen molar-refractivity contribution in [2.24, 2.45) is 11.8 Å². The number of carbonyl (C=O) groups excluding carboxylic acids is 1. The second-order valence-corrected chi connectivity index (χ2v) is 7.79. The van der Waals surface area contributed by atoms with Crippen molar-refractivity contribution < 1.29 is 19.2 Å². The Morgan fingerprint density at radius 1 is 1.33 bits per heavy atom. The highest BCUT2D eigenvalue weighted by molar-refractivity contribution is 5.78. The SMILES string of the molecule is CC1CC(C(=O)O)CN(C(=O)CCCc2nc(C(C)(C)C)no2)C1. The van der Waals surface area contributed by atoms with Crippen LogP contribution in [0.15, 0.2) is 4.52 Å². The Morgan fingerprint density at radius 3 is 2.62 bits per heavy atom. The Balaban J connectivity index is 1.82. The van der Waals surface area contributed by atoms with Crippen LogP contribution >= 0.6 is 0 Å². The van der Waals surface area contributed by atoms with Crippen LogP contribution in [0, 0.1) is 11.8 Å². The van der Waals surface area contributed by atoms with E-state index in [9.17, 15) is 14.7 Å². The molecule has 1 saturated heterocycles. The largest absolute Gasteiger partial charge is 0.481 e. The summed E-state index contributed by atoms with van der Waals surface area (Å²) in [5, 5.41) is 13.2. The zero-order chi connectivity index (χ0) is 17.9. The van der Waals surface area contributed by atoms with E-state index in [1.165, 1.54) is 0 Å². The molecule has 1 N–H and O–H groups in total. The maximum atomic E-state index is 12.3. The third-order valence-electron chi connectivity index (χ3n) is 4.28. The lowest BCUT2D eigenvalue weighted by Crippen LogP contribution is -2.45. The second kappa shape index (κ2) is 7.32. The Bertz CT molecular complexity index is 591. The van der Waals surface area contributed by atoms with Crippen molar-refractivity contribution in [2.75, 3.05) is 13.1 Å². The van der Waals surface area contributed by atoms with Crippen molar-refractivity contribution in [3.05, 3.63) is 11.7 Å². The number of rotatable bonds is 5. The summed E-state index contributed by atoms with van der Waals surface area (Å²) >= 11 is 0. The van der Waals surface area contributed by atoms with Gasteiger partial charge in [0, 0.05) is 31.3 Å². The molecule has 1 aromatic heterocycles. The molecule has 2 atom stereocenters. The average Bonchev–Trinajstić information content (AvgIpc) is 2.95. The van der Waals surface area contributed by atoms with Gasteiger partial charge in [-0.15, -0.1) is 0 Å². The number of aromatic nitrogens is 2. The standard InChI is InChI=1S/C17H27N3O4/c1-11-8-12(15(22)23)10-20(9-11)14(21)7-5-6-13-18-16(19-24-13)17(2,3)4/h11-12H,5-10H2,1-4H3,(H,22,23). The Hall–Kier alpha value is -1.92. The van der Waals surface area contributed by atoms with E-state index in [0.29, 0.717) is 50.5 Å². The summed E-state index contributed by atoms with van der Waals surface area (Å²) in [6, 6.07) is 0.